The van der Waals surface area contributed by atoms with Crippen molar-refractivity contribution in [2.75, 3.05) is 0 Å². The van der Waals surface area contributed by atoms with Crippen molar-refractivity contribution < 1.29 is 18.6 Å². The Morgan fingerprint density at radius 2 is 1.46 bits per heavy atom. The third-order valence-electron chi connectivity index (χ3n) is 2.12. The maximum Gasteiger partial charge on any atom is 2.00 e. The predicted octanol–water partition coefficient (Wildman–Crippen LogP) is 4.12. The van der Waals surface area contributed by atoms with E-state index in [0.717, 1.165) is 6.42 Å². The summed E-state index contributed by atoms with van der Waals surface area (Å²) in [5, 5.41) is 0. The van der Waals surface area contributed by atoms with Gasteiger partial charge >= 0.3 is 18.6 Å². The second-order valence-electron chi connectivity index (χ2n) is 5.79. The van der Waals surface area contributed by atoms with Crippen LogP contribution in [0.2, 0.25) is 0 Å². The predicted molar refractivity (Wildman–Crippen MR) is 56.7 cm³/mol. The van der Waals surface area contributed by atoms with Gasteiger partial charge in [0.25, 0.3) is 0 Å². The molecule has 0 aliphatic carbocycles. The van der Waals surface area contributed by atoms with Crippen LogP contribution in [-0.2, 0) is 18.6 Å². The molecule has 0 rings (SSSR count). The average Bonchev–Trinajstić information content (AvgIpc) is 1.78. The Kier molecular flexibility index (Phi) is 6.74. The van der Waals surface area contributed by atoms with Crippen molar-refractivity contribution in [1.29, 1.82) is 0 Å². The quantitative estimate of drug-likeness (QED) is 0.613. The van der Waals surface area contributed by atoms with Crippen molar-refractivity contribution >= 4 is 0 Å². The van der Waals surface area contributed by atoms with Crippen LogP contribution in [0, 0.1) is 30.1 Å². The van der Waals surface area contributed by atoms with E-state index < -0.39 is 0 Å². The molecule has 0 fully saturated rings. The van der Waals surface area contributed by atoms with Gasteiger partial charge in [0.1, 0.15) is 0 Å². The van der Waals surface area contributed by atoms with Gasteiger partial charge in [-0.3, -0.25) is 0 Å². The summed E-state index contributed by atoms with van der Waals surface area (Å²) in [5.41, 5.74) is 0.671. The Morgan fingerprint density at radius 3 is 1.54 bits per heavy atom. The van der Waals surface area contributed by atoms with Crippen molar-refractivity contribution in [1.82, 2.24) is 0 Å². The summed E-state index contributed by atoms with van der Waals surface area (Å²) in [6, 6.07) is 0. The number of hydrogen-bond donors (Lipinski definition) is 0. The molecule has 1 radical (unpaired) electrons. The van der Waals surface area contributed by atoms with Gasteiger partial charge in [0.15, 0.2) is 0 Å². The van der Waals surface area contributed by atoms with Crippen molar-refractivity contribution in [2.45, 2.75) is 48.0 Å². The minimum atomic E-state index is 0. The van der Waals surface area contributed by atoms with Crippen molar-refractivity contribution in [3.63, 3.8) is 0 Å². The Morgan fingerprint density at radius 1 is 1.08 bits per heavy atom. The van der Waals surface area contributed by atoms with Gasteiger partial charge in [0.05, 0.1) is 0 Å². The average molecular weight is 219 g/mol. The van der Waals surface area contributed by atoms with E-state index >= 15 is 0 Å². The maximum atomic E-state index is 4.01. The summed E-state index contributed by atoms with van der Waals surface area (Å²) < 4.78 is 0. The standard InChI is InChI=1S/C12H24.V/c1-8-10(12(5,6)7)9-11(2,3)4;/h9-10H,1,8H2,2-7H3;/q-2;+2. The first-order chi connectivity index (χ1) is 5.17. The number of rotatable bonds is 2. The van der Waals surface area contributed by atoms with E-state index in [4.69, 9.17) is 0 Å². The molecule has 0 aliphatic rings. The zero-order valence-corrected chi connectivity index (χ0v) is 11.4. The van der Waals surface area contributed by atoms with Crippen LogP contribution >= 0.6 is 0 Å². The summed E-state index contributed by atoms with van der Waals surface area (Å²) in [5.74, 6) is 0.623. The van der Waals surface area contributed by atoms with E-state index in [0.29, 0.717) is 16.7 Å². The summed E-state index contributed by atoms with van der Waals surface area (Å²) in [4.78, 5) is 0. The van der Waals surface area contributed by atoms with E-state index in [1.165, 1.54) is 0 Å². The van der Waals surface area contributed by atoms with Gasteiger partial charge in [-0.15, -0.1) is 0 Å². The molecule has 1 atom stereocenters. The molecule has 0 aliphatic heterocycles. The summed E-state index contributed by atoms with van der Waals surface area (Å²) in [6.07, 6.45) is 3.43. The topological polar surface area (TPSA) is 0 Å². The van der Waals surface area contributed by atoms with Gasteiger partial charge in [0.2, 0.25) is 0 Å². The third-order valence-corrected chi connectivity index (χ3v) is 2.12. The van der Waals surface area contributed by atoms with Crippen molar-refractivity contribution in [2.24, 2.45) is 16.7 Å². The number of hydrogen-bond acceptors (Lipinski definition) is 0. The fourth-order valence-electron chi connectivity index (χ4n) is 1.37. The Hall–Kier alpha value is 0.584. The van der Waals surface area contributed by atoms with Crippen molar-refractivity contribution in [3.05, 3.63) is 13.3 Å². The SMILES string of the molecule is [CH2-]CC([CH-]C(C)(C)C)C(C)(C)C.[V+2]. The van der Waals surface area contributed by atoms with Gasteiger partial charge in [0, 0.05) is 0 Å². The molecule has 0 amide bonds. The van der Waals surface area contributed by atoms with Gasteiger partial charge in [-0.05, 0) is 0 Å². The zero-order valence-electron chi connectivity index (χ0n) is 10.0. The van der Waals surface area contributed by atoms with Crippen LogP contribution in [0.4, 0.5) is 0 Å². The van der Waals surface area contributed by atoms with E-state index in [2.05, 4.69) is 54.9 Å². The fraction of sp³-hybridized carbons (Fsp3) is 0.833. The van der Waals surface area contributed by atoms with Gasteiger partial charge in [-0.1, -0.05) is 47.0 Å². The third kappa shape index (κ3) is 7.64. The molecule has 0 aromatic heterocycles. The second kappa shape index (κ2) is 5.46. The van der Waals surface area contributed by atoms with Crippen LogP contribution in [0.3, 0.4) is 0 Å². The second-order valence-corrected chi connectivity index (χ2v) is 5.79. The normalized spacial score (nSPS) is 15.0. The molecule has 13 heavy (non-hydrogen) atoms. The first-order valence-electron chi connectivity index (χ1n) is 4.82. The molecular formula is C12H24V. The van der Waals surface area contributed by atoms with Crippen LogP contribution < -0.4 is 0 Å². The van der Waals surface area contributed by atoms with Gasteiger partial charge in [-0.2, -0.15) is 11.3 Å². The fourth-order valence-corrected chi connectivity index (χ4v) is 1.37. The molecule has 0 nitrogen and oxygen atoms in total. The largest absolute Gasteiger partial charge is 2.00 e. The Bertz CT molecular complexity index is 125. The van der Waals surface area contributed by atoms with E-state index in [9.17, 15) is 0 Å². The molecular weight excluding hydrogens is 195 g/mol. The smallest absolute Gasteiger partial charge is 0.345 e. The molecule has 0 spiro atoms. The van der Waals surface area contributed by atoms with Crippen LogP contribution in [-0.4, -0.2) is 0 Å². The first-order valence-corrected chi connectivity index (χ1v) is 4.82. The van der Waals surface area contributed by atoms with E-state index in [1.807, 2.05) is 0 Å². The Labute approximate surface area is 96.8 Å². The summed E-state index contributed by atoms with van der Waals surface area (Å²) in [6.45, 7) is 17.6. The molecule has 0 saturated carbocycles. The van der Waals surface area contributed by atoms with Crippen LogP contribution in [0.25, 0.3) is 0 Å². The molecule has 77 valence electrons. The molecule has 0 bridgehead atoms. The van der Waals surface area contributed by atoms with Crippen molar-refractivity contribution in [3.8, 4) is 0 Å². The van der Waals surface area contributed by atoms with Gasteiger partial charge in [-0.25, -0.2) is 6.42 Å². The Balaban J connectivity index is 0. The molecule has 0 heterocycles. The van der Waals surface area contributed by atoms with E-state index in [-0.39, 0.29) is 18.6 Å². The molecule has 0 saturated heterocycles. The van der Waals surface area contributed by atoms with E-state index in [1.54, 1.807) is 0 Å². The molecule has 0 aromatic rings. The minimum Gasteiger partial charge on any atom is -0.345 e. The van der Waals surface area contributed by atoms with Crippen LogP contribution in [0.1, 0.15) is 48.0 Å². The maximum absolute atomic E-state index is 4.01. The molecule has 1 heteroatoms. The zero-order chi connectivity index (χ0) is 9.99. The monoisotopic (exact) mass is 219 g/mol. The molecule has 1 unspecified atom stereocenters. The first kappa shape index (κ1) is 16.0. The minimum absolute atomic E-state index is 0. The molecule has 0 N–H and O–H groups in total. The molecule has 0 aromatic carbocycles. The summed E-state index contributed by atoms with van der Waals surface area (Å²) in [7, 11) is 0. The van der Waals surface area contributed by atoms with Crippen LogP contribution in [0.15, 0.2) is 0 Å². The van der Waals surface area contributed by atoms with Gasteiger partial charge < -0.3 is 13.3 Å². The van der Waals surface area contributed by atoms with Crippen LogP contribution in [0.5, 0.6) is 0 Å². The summed E-state index contributed by atoms with van der Waals surface area (Å²) >= 11 is 0.